The van der Waals surface area contributed by atoms with Gasteiger partial charge in [0, 0.05) is 32.6 Å². The van der Waals surface area contributed by atoms with E-state index >= 15 is 0 Å². The fourth-order valence-corrected chi connectivity index (χ4v) is 4.21. The van der Waals surface area contributed by atoms with Crippen molar-refractivity contribution >= 4 is 17.4 Å². The summed E-state index contributed by atoms with van der Waals surface area (Å²) in [5.41, 5.74) is 8.16. The molecule has 1 aromatic carbocycles. The highest BCUT2D eigenvalue weighted by molar-refractivity contribution is 5.81. The van der Waals surface area contributed by atoms with Gasteiger partial charge in [-0.3, -0.25) is 9.79 Å². The molecule has 1 aromatic rings. The molecule has 0 bridgehead atoms. The molecule has 0 aliphatic carbocycles. The van der Waals surface area contributed by atoms with Crippen molar-refractivity contribution in [3.63, 3.8) is 0 Å². The van der Waals surface area contributed by atoms with Crippen LogP contribution < -0.4 is 11.1 Å². The number of amides is 1. The van der Waals surface area contributed by atoms with Crippen LogP contribution in [0.1, 0.15) is 37.7 Å². The summed E-state index contributed by atoms with van der Waals surface area (Å²) < 4.78 is 0. The molecule has 0 aromatic heterocycles. The molecule has 6 nitrogen and oxygen atoms in total. The van der Waals surface area contributed by atoms with Gasteiger partial charge in [-0.25, -0.2) is 0 Å². The molecule has 1 fully saturated rings. The maximum atomic E-state index is 11.2. The highest BCUT2D eigenvalue weighted by atomic mass is 16.1. The lowest BCUT2D eigenvalue weighted by Gasteiger charge is -2.31. The number of carbonyl (C=O) groups is 1. The number of likely N-dealkylation sites (tertiary alicyclic amines) is 1. The number of rotatable bonds is 7. The van der Waals surface area contributed by atoms with E-state index < -0.39 is 0 Å². The summed E-state index contributed by atoms with van der Waals surface area (Å²) in [6.45, 7) is 5.92. The number of unbranched alkanes of at least 4 members (excludes halogenated alkanes) is 1. The highest BCUT2D eigenvalue weighted by Gasteiger charge is 2.22. The summed E-state index contributed by atoms with van der Waals surface area (Å²) in [6, 6.07) is 10.6. The molecule has 0 atom stereocenters. The van der Waals surface area contributed by atoms with E-state index in [1.54, 1.807) is 0 Å². The fraction of sp³-hybridized carbons (Fsp3) is 0.565. The van der Waals surface area contributed by atoms with Crippen LogP contribution in [-0.2, 0) is 4.79 Å². The first-order chi connectivity index (χ1) is 14.2. The van der Waals surface area contributed by atoms with Crippen LogP contribution >= 0.6 is 0 Å². The summed E-state index contributed by atoms with van der Waals surface area (Å²) in [7, 11) is 1.86. The van der Waals surface area contributed by atoms with Crippen LogP contribution in [0.5, 0.6) is 0 Å². The summed E-state index contributed by atoms with van der Waals surface area (Å²) in [5, 5.41) is 3.52. The van der Waals surface area contributed by atoms with Crippen LogP contribution in [-0.4, -0.2) is 68.0 Å². The lowest BCUT2D eigenvalue weighted by Crippen LogP contribution is -2.44. The van der Waals surface area contributed by atoms with E-state index in [4.69, 9.17) is 5.73 Å². The van der Waals surface area contributed by atoms with E-state index in [2.05, 4.69) is 56.5 Å². The maximum Gasteiger partial charge on any atom is 0.220 e. The first-order valence-corrected chi connectivity index (χ1v) is 10.9. The fourth-order valence-electron chi connectivity index (χ4n) is 4.21. The Labute approximate surface area is 174 Å². The standard InChI is InChI=1S/C23H35N5O/c1-25-23(28-17-11-20(12-18-28)19-7-3-2-4-8-19)26-13-5-6-14-27-15-9-21(10-16-27)22(24)29/h2-4,7-8,11,21H,5-6,9-10,12-18H2,1H3,(H2,24,29)(H,25,26). The number of nitrogens with two attached hydrogens (primary N) is 1. The number of piperidine rings is 1. The molecule has 3 rings (SSSR count). The van der Waals surface area contributed by atoms with Gasteiger partial charge >= 0.3 is 0 Å². The van der Waals surface area contributed by atoms with Crippen molar-refractivity contribution in [1.82, 2.24) is 15.1 Å². The van der Waals surface area contributed by atoms with E-state index in [0.717, 1.165) is 77.3 Å². The van der Waals surface area contributed by atoms with Crippen LogP contribution in [0, 0.1) is 5.92 Å². The van der Waals surface area contributed by atoms with Gasteiger partial charge in [0.05, 0.1) is 0 Å². The lowest BCUT2D eigenvalue weighted by molar-refractivity contribution is -0.123. The minimum atomic E-state index is -0.135. The van der Waals surface area contributed by atoms with Crippen LogP contribution in [0.3, 0.4) is 0 Å². The topological polar surface area (TPSA) is 74.0 Å². The normalized spacial score (nSPS) is 19.1. The van der Waals surface area contributed by atoms with Gasteiger partial charge in [0.2, 0.25) is 5.91 Å². The van der Waals surface area contributed by atoms with Gasteiger partial charge in [-0.2, -0.15) is 0 Å². The quantitative estimate of drug-likeness (QED) is 0.421. The summed E-state index contributed by atoms with van der Waals surface area (Å²) in [6.07, 6.45) is 7.46. The average Bonchev–Trinajstić information content (AvgIpc) is 2.77. The molecule has 0 unspecified atom stereocenters. The summed E-state index contributed by atoms with van der Waals surface area (Å²) in [5.74, 6) is 0.941. The van der Waals surface area contributed by atoms with Crippen LogP contribution in [0.25, 0.3) is 5.57 Å². The maximum absolute atomic E-state index is 11.2. The molecular weight excluding hydrogens is 362 g/mol. The van der Waals surface area contributed by atoms with E-state index in [1.165, 1.54) is 11.1 Å². The second kappa shape index (κ2) is 11.0. The van der Waals surface area contributed by atoms with Crippen molar-refractivity contribution in [3.05, 3.63) is 42.0 Å². The number of primary amides is 1. The predicted molar refractivity (Wildman–Crippen MR) is 120 cm³/mol. The van der Waals surface area contributed by atoms with Crippen molar-refractivity contribution in [2.45, 2.75) is 32.1 Å². The molecule has 0 spiro atoms. The number of guanidine groups is 1. The lowest BCUT2D eigenvalue weighted by atomic mass is 9.96. The van der Waals surface area contributed by atoms with Gasteiger partial charge in [0.25, 0.3) is 0 Å². The number of benzene rings is 1. The van der Waals surface area contributed by atoms with Crippen LogP contribution in [0.4, 0.5) is 0 Å². The molecule has 2 aliphatic heterocycles. The van der Waals surface area contributed by atoms with Gasteiger partial charge in [-0.1, -0.05) is 36.4 Å². The third-order valence-corrected chi connectivity index (χ3v) is 6.04. The third-order valence-electron chi connectivity index (χ3n) is 6.04. The summed E-state index contributed by atoms with van der Waals surface area (Å²) in [4.78, 5) is 20.5. The van der Waals surface area contributed by atoms with Crippen LogP contribution in [0.15, 0.2) is 41.4 Å². The summed E-state index contributed by atoms with van der Waals surface area (Å²) >= 11 is 0. The highest BCUT2D eigenvalue weighted by Crippen LogP contribution is 2.22. The third kappa shape index (κ3) is 6.32. The second-order valence-electron chi connectivity index (χ2n) is 7.99. The first kappa shape index (κ1) is 21.4. The Morgan fingerprint density at radius 2 is 1.93 bits per heavy atom. The number of nitrogens with zero attached hydrogens (tertiary/aromatic N) is 3. The molecule has 0 saturated carbocycles. The monoisotopic (exact) mass is 397 g/mol. The van der Waals surface area contributed by atoms with Gasteiger partial charge in [0.1, 0.15) is 0 Å². The molecule has 158 valence electrons. The molecule has 0 radical (unpaired) electrons. The average molecular weight is 398 g/mol. The Hall–Kier alpha value is -2.34. The second-order valence-corrected chi connectivity index (χ2v) is 7.99. The van der Waals surface area contributed by atoms with Crippen molar-refractivity contribution in [3.8, 4) is 0 Å². The number of nitrogens with one attached hydrogen (secondary N) is 1. The van der Waals surface area contributed by atoms with Crippen molar-refractivity contribution in [1.29, 1.82) is 0 Å². The molecule has 3 N–H and O–H groups in total. The van der Waals surface area contributed by atoms with Gasteiger partial charge in [0.15, 0.2) is 5.96 Å². The number of hydrogen-bond acceptors (Lipinski definition) is 3. The Kier molecular flexibility index (Phi) is 8.11. The van der Waals surface area contributed by atoms with Crippen molar-refractivity contribution < 1.29 is 4.79 Å². The zero-order chi connectivity index (χ0) is 20.5. The Balaban J connectivity index is 1.33. The molecule has 1 amide bonds. The Morgan fingerprint density at radius 3 is 2.55 bits per heavy atom. The molecular formula is C23H35N5O. The number of hydrogen-bond donors (Lipinski definition) is 2. The Morgan fingerprint density at radius 1 is 1.17 bits per heavy atom. The molecule has 2 heterocycles. The molecule has 6 heteroatoms. The first-order valence-electron chi connectivity index (χ1n) is 10.9. The minimum absolute atomic E-state index is 0.0808. The van der Waals surface area contributed by atoms with Crippen molar-refractivity contribution in [2.75, 3.05) is 46.3 Å². The van der Waals surface area contributed by atoms with Gasteiger partial charge in [-0.15, -0.1) is 0 Å². The Bertz CT molecular complexity index is 707. The largest absolute Gasteiger partial charge is 0.369 e. The van der Waals surface area contributed by atoms with Gasteiger partial charge < -0.3 is 20.9 Å². The zero-order valence-electron chi connectivity index (χ0n) is 17.6. The van der Waals surface area contributed by atoms with Crippen LogP contribution in [0.2, 0.25) is 0 Å². The molecule has 2 aliphatic rings. The number of carbonyl (C=O) groups excluding carboxylic acids is 1. The predicted octanol–water partition coefficient (Wildman–Crippen LogP) is 2.33. The smallest absolute Gasteiger partial charge is 0.220 e. The zero-order valence-corrected chi connectivity index (χ0v) is 17.6. The van der Waals surface area contributed by atoms with Crippen molar-refractivity contribution in [2.24, 2.45) is 16.6 Å². The number of aliphatic imine (C=N–C) groups is 1. The molecule has 29 heavy (non-hydrogen) atoms. The van der Waals surface area contributed by atoms with Gasteiger partial charge in [-0.05, 0) is 62.9 Å². The van der Waals surface area contributed by atoms with E-state index in [1.807, 2.05) is 7.05 Å². The minimum Gasteiger partial charge on any atom is -0.369 e. The van der Waals surface area contributed by atoms with E-state index in [0.29, 0.717) is 0 Å². The SMILES string of the molecule is CN=C(NCCCCN1CCC(C(N)=O)CC1)N1CC=C(c2ccccc2)CC1. The van der Waals surface area contributed by atoms with E-state index in [9.17, 15) is 4.79 Å². The molecule has 1 saturated heterocycles. The van der Waals surface area contributed by atoms with E-state index in [-0.39, 0.29) is 11.8 Å².